The summed E-state index contributed by atoms with van der Waals surface area (Å²) in [6, 6.07) is 0. The Morgan fingerprint density at radius 1 is 1.28 bits per heavy atom. The predicted octanol–water partition coefficient (Wildman–Crippen LogP) is 2.90. The van der Waals surface area contributed by atoms with Crippen LogP contribution in [-0.2, 0) is 4.74 Å². The second-order valence-corrected chi connectivity index (χ2v) is 4.75. The van der Waals surface area contributed by atoms with Crippen LogP contribution in [0, 0.1) is 0 Å². The maximum absolute atomic E-state index is 5.46. The van der Waals surface area contributed by atoms with Gasteiger partial charge in [0, 0.05) is 19.7 Å². The Labute approximate surface area is 117 Å². The minimum Gasteiger partial charge on any atom is -0.377 e. The number of aromatic nitrogens is 2. The van der Waals surface area contributed by atoms with E-state index in [4.69, 9.17) is 4.74 Å². The van der Waals surface area contributed by atoms with Gasteiger partial charge in [0.1, 0.15) is 22.4 Å². The second-order valence-electron chi connectivity index (χ2n) is 3.96. The van der Waals surface area contributed by atoms with Gasteiger partial charge in [-0.3, -0.25) is 0 Å². The van der Waals surface area contributed by atoms with Crippen LogP contribution in [0.25, 0.3) is 0 Å². The lowest BCUT2D eigenvalue weighted by Crippen LogP contribution is -2.20. The van der Waals surface area contributed by atoms with Gasteiger partial charge < -0.3 is 15.4 Å². The number of nitrogens with one attached hydrogen (secondary N) is 2. The molecule has 0 aliphatic heterocycles. The molecule has 0 aliphatic carbocycles. The van der Waals surface area contributed by atoms with Gasteiger partial charge in [0.05, 0.1) is 6.10 Å². The Morgan fingerprint density at radius 3 is 2.56 bits per heavy atom. The molecule has 1 aromatic rings. The van der Waals surface area contributed by atoms with Gasteiger partial charge in [0.25, 0.3) is 0 Å². The van der Waals surface area contributed by atoms with Crippen molar-refractivity contribution in [2.75, 3.05) is 30.3 Å². The lowest BCUT2D eigenvalue weighted by atomic mass is 10.4. The van der Waals surface area contributed by atoms with Gasteiger partial charge >= 0.3 is 0 Å². The van der Waals surface area contributed by atoms with Crippen LogP contribution in [0.5, 0.6) is 0 Å². The third-order valence-corrected chi connectivity index (χ3v) is 3.09. The van der Waals surface area contributed by atoms with Gasteiger partial charge in [-0.05, 0) is 36.2 Å². The maximum Gasteiger partial charge on any atom is 0.146 e. The minimum atomic E-state index is 0.156. The molecule has 1 unspecified atom stereocenters. The van der Waals surface area contributed by atoms with Crippen LogP contribution in [0.3, 0.4) is 0 Å². The van der Waals surface area contributed by atoms with Gasteiger partial charge in [-0.2, -0.15) is 0 Å². The van der Waals surface area contributed by atoms with E-state index in [0.717, 1.165) is 42.2 Å². The highest BCUT2D eigenvalue weighted by molar-refractivity contribution is 9.10. The summed E-state index contributed by atoms with van der Waals surface area (Å²) < 4.78 is 6.32. The number of rotatable bonds is 8. The van der Waals surface area contributed by atoms with Crippen LogP contribution >= 0.6 is 15.9 Å². The summed E-state index contributed by atoms with van der Waals surface area (Å²) in [5.74, 6) is 1.61. The van der Waals surface area contributed by atoms with Crippen molar-refractivity contribution in [2.24, 2.45) is 0 Å². The van der Waals surface area contributed by atoms with E-state index in [1.807, 2.05) is 13.8 Å². The molecule has 2 N–H and O–H groups in total. The lowest BCUT2D eigenvalue weighted by molar-refractivity contribution is 0.0854. The highest BCUT2D eigenvalue weighted by Gasteiger charge is 2.09. The topological polar surface area (TPSA) is 59.1 Å². The second kappa shape index (κ2) is 8.26. The van der Waals surface area contributed by atoms with E-state index >= 15 is 0 Å². The zero-order valence-electron chi connectivity index (χ0n) is 11.2. The summed E-state index contributed by atoms with van der Waals surface area (Å²) >= 11 is 3.51. The van der Waals surface area contributed by atoms with Crippen LogP contribution in [-0.4, -0.2) is 35.8 Å². The third-order valence-electron chi connectivity index (χ3n) is 2.34. The van der Waals surface area contributed by atoms with Crippen molar-refractivity contribution >= 4 is 27.6 Å². The Morgan fingerprint density at radius 2 is 1.94 bits per heavy atom. The fourth-order valence-corrected chi connectivity index (χ4v) is 1.93. The molecule has 1 atom stereocenters. The predicted molar refractivity (Wildman–Crippen MR) is 78.1 cm³/mol. The van der Waals surface area contributed by atoms with Crippen molar-refractivity contribution in [1.82, 2.24) is 9.97 Å². The summed E-state index contributed by atoms with van der Waals surface area (Å²) in [5, 5.41) is 6.50. The van der Waals surface area contributed by atoms with Gasteiger partial charge in [0.2, 0.25) is 0 Å². The highest BCUT2D eigenvalue weighted by Crippen LogP contribution is 2.26. The first-order valence-electron chi connectivity index (χ1n) is 6.28. The summed E-state index contributed by atoms with van der Waals surface area (Å²) in [6.45, 7) is 8.47. The molecular formula is C12H21BrN4O. The molecule has 0 spiro atoms. The molecule has 0 bridgehead atoms. The molecule has 0 radical (unpaired) electrons. The normalized spacial score (nSPS) is 12.2. The van der Waals surface area contributed by atoms with Gasteiger partial charge in [-0.15, -0.1) is 0 Å². The molecule has 1 rings (SSSR count). The third kappa shape index (κ3) is 4.78. The zero-order chi connectivity index (χ0) is 13.4. The Balaban J connectivity index is 2.60. The lowest BCUT2D eigenvalue weighted by Gasteiger charge is -2.15. The monoisotopic (exact) mass is 316 g/mol. The SMILES string of the molecule is CCCNc1ncnc(NCC(C)OCC)c1Br. The van der Waals surface area contributed by atoms with E-state index in [-0.39, 0.29) is 6.10 Å². The summed E-state index contributed by atoms with van der Waals surface area (Å²) in [6.07, 6.45) is 2.76. The van der Waals surface area contributed by atoms with Gasteiger partial charge in [-0.1, -0.05) is 6.92 Å². The molecule has 5 nitrogen and oxygen atoms in total. The highest BCUT2D eigenvalue weighted by atomic mass is 79.9. The molecule has 0 fully saturated rings. The Kier molecular flexibility index (Phi) is 6.97. The first-order valence-corrected chi connectivity index (χ1v) is 7.08. The Hall–Kier alpha value is -0.880. The fourth-order valence-electron chi connectivity index (χ4n) is 1.44. The summed E-state index contributed by atoms with van der Waals surface area (Å²) in [4.78, 5) is 8.41. The number of hydrogen-bond donors (Lipinski definition) is 2. The van der Waals surface area contributed by atoms with E-state index in [1.165, 1.54) is 0 Å². The van der Waals surface area contributed by atoms with Crippen molar-refractivity contribution in [2.45, 2.75) is 33.3 Å². The van der Waals surface area contributed by atoms with Crippen LogP contribution in [0.4, 0.5) is 11.6 Å². The average molecular weight is 317 g/mol. The van der Waals surface area contributed by atoms with E-state index < -0.39 is 0 Å². The van der Waals surface area contributed by atoms with Gasteiger partial charge in [0.15, 0.2) is 0 Å². The molecule has 0 aromatic carbocycles. The van der Waals surface area contributed by atoms with Crippen molar-refractivity contribution in [3.8, 4) is 0 Å². The number of halogens is 1. The molecule has 102 valence electrons. The largest absolute Gasteiger partial charge is 0.377 e. The molecule has 1 aromatic heterocycles. The summed E-state index contributed by atoms with van der Waals surface area (Å²) in [7, 11) is 0. The quantitative estimate of drug-likeness (QED) is 0.772. The maximum atomic E-state index is 5.46. The molecule has 0 saturated carbocycles. The van der Waals surface area contributed by atoms with Crippen molar-refractivity contribution in [3.05, 3.63) is 10.8 Å². The molecule has 1 heterocycles. The number of anilines is 2. The molecule has 0 amide bonds. The molecule has 0 saturated heterocycles. The zero-order valence-corrected chi connectivity index (χ0v) is 12.7. The van der Waals surface area contributed by atoms with E-state index in [1.54, 1.807) is 6.33 Å². The molecule has 18 heavy (non-hydrogen) atoms. The Bertz CT molecular complexity index is 362. The van der Waals surface area contributed by atoms with Crippen molar-refractivity contribution < 1.29 is 4.74 Å². The number of hydrogen-bond acceptors (Lipinski definition) is 5. The first-order chi connectivity index (χ1) is 8.69. The van der Waals surface area contributed by atoms with Crippen LogP contribution in [0.1, 0.15) is 27.2 Å². The van der Waals surface area contributed by atoms with Crippen LogP contribution in [0.2, 0.25) is 0 Å². The minimum absolute atomic E-state index is 0.156. The molecule has 0 aliphatic rings. The first kappa shape index (κ1) is 15.2. The fraction of sp³-hybridized carbons (Fsp3) is 0.667. The standard InChI is InChI=1S/C12H21BrN4O/c1-4-6-14-11-10(13)12(17-8-16-11)15-7-9(3)18-5-2/h8-9H,4-7H2,1-3H3,(H2,14,15,16,17). The number of ether oxygens (including phenoxy) is 1. The van der Waals surface area contributed by atoms with Crippen molar-refractivity contribution in [1.29, 1.82) is 0 Å². The van der Waals surface area contributed by atoms with E-state index in [0.29, 0.717) is 0 Å². The van der Waals surface area contributed by atoms with E-state index in [2.05, 4.69) is 43.5 Å². The number of nitrogens with zero attached hydrogens (tertiary/aromatic N) is 2. The summed E-state index contributed by atoms with van der Waals surface area (Å²) in [5.41, 5.74) is 0. The van der Waals surface area contributed by atoms with Crippen LogP contribution < -0.4 is 10.6 Å². The van der Waals surface area contributed by atoms with E-state index in [9.17, 15) is 0 Å². The average Bonchev–Trinajstić information content (AvgIpc) is 2.36. The smallest absolute Gasteiger partial charge is 0.146 e. The van der Waals surface area contributed by atoms with Gasteiger partial charge in [-0.25, -0.2) is 9.97 Å². The van der Waals surface area contributed by atoms with Crippen LogP contribution in [0.15, 0.2) is 10.8 Å². The van der Waals surface area contributed by atoms with Crippen molar-refractivity contribution in [3.63, 3.8) is 0 Å². The molecule has 6 heteroatoms. The molecular weight excluding hydrogens is 296 g/mol.